The number of para-hydroxylation sites is 1. The average molecular weight is 391 g/mol. The van der Waals surface area contributed by atoms with Crippen molar-refractivity contribution < 1.29 is 13.2 Å². The van der Waals surface area contributed by atoms with Gasteiger partial charge in [-0.3, -0.25) is 0 Å². The van der Waals surface area contributed by atoms with Crippen LogP contribution in [0.25, 0.3) is 10.9 Å². The van der Waals surface area contributed by atoms with E-state index in [1.807, 2.05) is 38.1 Å². The Bertz CT molecular complexity index is 899. The molecule has 0 aliphatic carbocycles. The zero-order valence-electron chi connectivity index (χ0n) is 15.7. The molecule has 2 aliphatic rings. The first-order valence-electron chi connectivity index (χ1n) is 9.30. The molecule has 0 unspecified atom stereocenters. The number of ether oxygens (including phenoxy) is 1. The molecule has 1 aromatic carbocycles. The second-order valence-corrected chi connectivity index (χ2v) is 9.11. The SMILES string of the molecule is C[C@@H]1CN(S(=O)(=O)N2CCN(c3ncnc4ccccc34)CC2)C[C@H](C)O1. The molecule has 146 valence electrons. The number of fused-ring (bicyclic) bond motifs is 1. The van der Waals surface area contributed by atoms with Crippen LogP contribution in [-0.4, -0.2) is 78.5 Å². The van der Waals surface area contributed by atoms with Gasteiger partial charge in [0.2, 0.25) is 0 Å². The molecule has 0 saturated carbocycles. The molecule has 2 saturated heterocycles. The van der Waals surface area contributed by atoms with Crippen molar-refractivity contribution in [3.63, 3.8) is 0 Å². The van der Waals surface area contributed by atoms with E-state index in [1.165, 1.54) is 0 Å². The van der Waals surface area contributed by atoms with Gasteiger partial charge in [0.05, 0.1) is 17.7 Å². The van der Waals surface area contributed by atoms with Gasteiger partial charge in [-0.25, -0.2) is 9.97 Å². The largest absolute Gasteiger partial charge is 0.373 e. The van der Waals surface area contributed by atoms with Crippen LogP contribution >= 0.6 is 0 Å². The van der Waals surface area contributed by atoms with Crippen LogP contribution in [-0.2, 0) is 14.9 Å². The minimum absolute atomic E-state index is 0.0859. The number of hydrogen-bond donors (Lipinski definition) is 0. The van der Waals surface area contributed by atoms with Gasteiger partial charge >= 0.3 is 0 Å². The van der Waals surface area contributed by atoms with Crippen molar-refractivity contribution in [2.24, 2.45) is 0 Å². The van der Waals surface area contributed by atoms with Gasteiger partial charge < -0.3 is 9.64 Å². The molecule has 9 heteroatoms. The topological polar surface area (TPSA) is 78.9 Å². The summed E-state index contributed by atoms with van der Waals surface area (Å²) in [5.74, 6) is 0.867. The van der Waals surface area contributed by atoms with Crippen LogP contribution in [0.3, 0.4) is 0 Å². The number of benzene rings is 1. The van der Waals surface area contributed by atoms with E-state index in [-0.39, 0.29) is 12.2 Å². The third kappa shape index (κ3) is 3.64. The molecule has 0 bridgehead atoms. The Hall–Kier alpha value is -1.81. The molecule has 1 aromatic heterocycles. The van der Waals surface area contributed by atoms with E-state index in [0.29, 0.717) is 39.3 Å². The summed E-state index contributed by atoms with van der Waals surface area (Å²) in [7, 11) is -3.47. The third-order valence-corrected chi connectivity index (χ3v) is 7.07. The zero-order valence-corrected chi connectivity index (χ0v) is 16.5. The fraction of sp³-hybridized carbons (Fsp3) is 0.556. The van der Waals surface area contributed by atoms with Crippen molar-refractivity contribution in [3.8, 4) is 0 Å². The summed E-state index contributed by atoms with van der Waals surface area (Å²) in [5, 5.41) is 0.993. The van der Waals surface area contributed by atoms with E-state index in [9.17, 15) is 8.42 Å². The summed E-state index contributed by atoms with van der Waals surface area (Å²) < 4.78 is 34.9. The fourth-order valence-electron chi connectivity index (χ4n) is 3.86. The van der Waals surface area contributed by atoms with Crippen LogP contribution in [0, 0.1) is 0 Å². The first-order valence-corrected chi connectivity index (χ1v) is 10.7. The van der Waals surface area contributed by atoms with Crippen molar-refractivity contribution in [1.82, 2.24) is 18.6 Å². The molecular formula is C18H25N5O3S. The van der Waals surface area contributed by atoms with E-state index in [1.54, 1.807) is 14.9 Å². The van der Waals surface area contributed by atoms with Crippen LogP contribution in [0.2, 0.25) is 0 Å². The Balaban J connectivity index is 1.48. The number of aromatic nitrogens is 2. The van der Waals surface area contributed by atoms with Crippen LogP contribution < -0.4 is 4.90 Å². The van der Waals surface area contributed by atoms with Gasteiger partial charge in [-0.05, 0) is 26.0 Å². The second kappa shape index (κ2) is 7.31. The summed E-state index contributed by atoms with van der Waals surface area (Å²) in [5.41, 5.74) is 0.897. The number of hydrogen-bond acceptors (Lipinski definition) is 6. The predicted molar refractivity (Wildman–Crippen MR) is 104 cm³/mol. The minimum Gasteiger partial charge on any atom is -0.373 e. The highest BCUT2D eigenvalue weighted by atomic mass is 32.2. The summed E-state index contributed by atoms with van der Waals surface area (Å²) in [4.78, 5) is 10.9. The van der Waals surface area contributed by atoms with E-state index in [2.05, 4.69) is 14.9 Å². The highest BCUT2D eigenvalue weighted by Crippen LogP contribution is 2.25. The molecule has 0 amide bonds. The number of morpholine rings is 1. The summed E-state index contributed by atoms with van der Waals surface area (Å²) >= 11 is 0. The molecule has 2 aliphatic heterocycles. The second-order valence-electron chi connectivity index (χ2n) is 7.18. The van der Waals surface area contributed by atoms with E-state index in [4.69, 9.17) is 4.74 Å². The Morgan fingerprint density at radius 2 is 1.63 bits per heavy atom. The Morgan fingerprint density at radius 1 is 0.963 bits per heavy atom. The first-order chi connectivity index (χ1) is 12.9. The number of nitrogens with zero attached hydrogens (tertiary/aromatic N) is 5. The minimum atomic E-state index is -3.47. The van der Waals surface area contributed by atoms with Crippen molar-refractivity contribution in [3.05, 3.63) is 30.6 Å². The molecule has 27 heavy (non-hydrogen) atoms. The Labute approximate surface area is 159 Å². The van der Waals surface area contributed by atoms with Crippen molar-refractivity contribution >= 4 is 26.9 Å². The van der Waals surface area contributed by atoms with Crippen LogP contribution in [0.1, 0.15) is 13.8 Å². The van der Waals surface area contributed by atoms with Gasteiger partial charge in [0.1, 0.15) is 12.1 Å². The van der Waals surface area contributed by atoms with Crippen molar-refractivity contribution in [2.45, 2.75) is 26.1 Å². The standard InChI is InChI=1S/C18H25N5O3S/c1-14-11-23(12-15(2)26-14)27(24,25)22-9-7-21(8-10-22)18-16-5-3-4-6-17(16)19-13-20-18/h3-6,13-15H,7-12H2,1-2H3/t14-,15+. The summed E-state index contributed by atoms with van der Waals surface area (Å²) in [6.07, 6.45) is 1.39. The van der Waals surface area contributed by atoms with Gasteiger partial charge in [-0.15, -0.1) is 0 Å². The van der Waals surface area contributed by atoms with E-state index < -0.39 is 10.2 Å². The van der Waals surface area contributed by atoms with Crippen molar-refractivity contribution in [2.75, 3.05) is 44.2 Å². The number of anilines is 1. The smallest absolute Gasteiger partial charge is 0.282 e. The maximum absolute atomic E-state index is 13.0. The molecule has 0 spiro atoms. The van der Waals surface area contributed by atoms with Gasteiger partial charge in [0, 0.05) is 44.7 Å². The third-order valence-electron chi connectivity index (χ3n) is 5.10. The molecule has 4 rings (SSSR count). The molecular weight excluding hydrogens is 366 g/mol. The van der Waals surface area contributed by atoms with Crippen LogP contribution in [0.4, 0.5) is 5.82 Å². The summed E-state index contributed by atoms with van der Waals surface area (Å²) in [6, 6.07) is 7.89. The lowest BCUT2D eigenvalue weighted by atomic mass is 10.2. The van der Waals surface area contributed by atoms with Gasteiger partial charge in [-0.2, -0.15) is 17.0 Å². The Morgan fingerprint density at radius 3 is 2.33 bits per heavy atom. The first kappa shape index (κ1) is 18.5. The molecule has 3 heterocycles. The summed E-state index contributed by atoms with van der Waals surface area (Å²) in [6.45, 7) is 6.74. The lowest BCUT2D eigenvalue weighted by molar-refractivity contribution is -0.0455. The number of rotatable bonds is 3. The van der Waals surface area contributed by atoms with Crippen molar-refractivity contribution in [1.29, 1.82) is 0 Å². The Kier molecular flexibility index (Phi) is 5.02. The normalized spacial score (nSPS) is 25.8. The molecule has 2 aromatic rings. The lowest BCUT2D eigenvalue weighted by Gasteiger charge is -2.40. The van der Waals surface area contributed by atoms with Gasteiger partial charge in [-0.1, -0.05) is 12.1 Å². The van der Waals surface area contributed by atoms with E-state index in [0.717, 1.165) is 16.7 Å². The molecule has 2 atom stereocenters. The van der Waals surface area contributed by atoms with Crippen LogP contribution in [0.5, 0.6) is 0 Å². The molecule has 8 nitrogen and oxygen atoms in total. The molecule has 2 fully saturated rings. The quantitative estimate of drug-likeness (QED) is 0.780. The molecule has 0 N–H and O–H groups in total. The highest BCUT2D eigenvalue weighted by molar-refractivity contribution is 7.86. The van der Waals surface area contributed by atoms with Gasteiger partial charge in [0.15, 0.2) is 0 Å². The average Bonchev–Trinajstić information content (AvgIpc) is 2.67. The molecule has 0 radical (unpaired) electrons. The lowest BCUT2D eigenvalue weighted by Crippen LogP contribution is -2.57. The maximum atomic E-state index is 13.0. The predicted octanol–water partition coefficient (Wildman–Crippen LogP) is 1.11. The zero-order chi connectivity index (χ0) is 19.0. The monoisotopic (exact) mass is 391 g/mol. The maximum Gasteiger partial charge on any atom is 0.282 e. The van der Waals surface area contributed by atoms with E-state index >= 15 is 0 Å². The highest BCUT2D eigenvalue weighted by Gasteiger charge is 2.37. The van der Waals surface area contributed by atoms with Gasteiger partial charge in [0.25, 0.3) is 10.2 Å². The fourth-order valence-corrected chi connectivity index (χ4v) is 5.60. The number of piperazine rings is 1. The van der Waals surface area contributed by atoms with Crippen LogP contribution in [0.15, 0.2) is 30.6 Å².